The molecule has 0 spiro atoms. The summed E-state index contributed by atoms with van der Waals surface area (Å²) in [5.74, 6) is 0. The fraction of sp³-hybridized carbons (Fsp3) is 1.00. The Morgan fingerprint density at radius 1 is 0.519 bits per heavy atom. The van der Waals surface area contributed by atoms with Crippen molar-refractivity contribution in [1.82, 2.24) is 0 Å². The Morgan fingerprint density at radius 3 is 1.04 bits per heavy atom. The van der Waals surface area contributed by atoms with E-state index >= 15 is 0 Å². The Kier molecular flexibility index (Phi) is 19.4. The van der Waals surface area contributed by atoms with Gasteiger partial charge in [0.05, 0.1) is 0 Å². The summed E-state index contributed by atoms with van der Waals surface area (Å²) >= 11 is 0. The molecule has 27 heavy (non-hydrogen) atoms. The van der Waals surface area contributed by atoms with Gasteiger partial charge in [-0.1, -0.05) is 111 Å². The lowest BCUT2D eigenvalue weighted by molar-refractivity contribution is 0.354. The zero-order valence-electron chi connectivity index (χ0n) is 18.9. The van der Waals surface area contributed by atoms with E-state index in [-0.39, 0.29) is 5.16 Å². The third-order valence-corrected chi connectivity index (χ3v) is 7.63. The van der Waals surface area contributed by atoms with Crippen LogP contribution in [0.2, 0.25) is 0 Å². The van der Waals surface area contributed by atoms with E-state index in [0.717, 1.165) is 38.5 Å². The van der Waals surface area contributed by atoms with Gasteiger partial charge in [-0.2, -0.15) is 4.89 Å². The fourth-order valence-electron chi connectivity index (χ4n) is 4.19. The predicted octanol–water partition coefficient (Wildman–Crippen LogP) is 9.32. The van der Waals surface area contributed by atoms with Crippen molar-refractivity contribution in [3.05, 3.63) is 0 Å². The molecule has 0 rings (SSSR count). The molecule has 0 amide bonds. The first-order valence-electron chi connectivity index (χ1n) is 12.3. The summed E-state index contributed by atoms with van der Waals surface area (Å²) in [4.78, 5) is 10.3. The van der Waals surface area contributed by atoms with Crippen molar-refractivity contribution in [2.24, 2.45) is 0 Å². The molecule has 3 heteroatoms. The molecule has 0 saturated carbocycles. The van der Waals surface area contributed by atoms with Gasteiger partial charge >= 0.3 is 8.03 Å². The normalized spacial score (nSPS) is 12.5. The Balaban J connectivity index is 4.47. The molecule has 0 bridgehead atoms. The van der Waals surface area contributed by atoms with Crippen LogP contribution in [0.25, 0.3) is 0 Å². The van der Waals surface area contributed by atoms with Crippen molar-refractivity contribution in [2.45, 2.75) is 154 Å². The highest BCUT2D eigenvalue weighted by Crippen LogP contribution is 2.47. The maximum atomic E-state index is 12.4. The molecule has 1 atom stereocenters. The Morgan fingerprint density at radius 2 is 0.778 bits per heavy atom. The molecule has 162 valence electrons. The molecule has 1 N–H and O–H groups in total. The summed E-state index contributed by atoms with van der Waals surface area (Å²) in [6, 6.07) is 0. The van der Waals surface area contributed by atoms with E-state index in [4.69, 9.17) is 0 Å². The summed E-state index contributed by atoms with van der Waals surface area (Å²) in [5, 5.41) is -0.295. The SMILES string of the molecule is CCCCCCCCC(CCCCCCC)(CCCCCCCC)[P+](=O)O. The third kappa shape index (κ3) is 14.7. The van der Waals surface area contributed by atoms with Crippen LogP contribution in [0.5, 0.6) is 0 Å². The third-order valence-electron chi connectivity index (χ3n) is 6.14. The highest BCUT2D eigenvalue weighted by molar-refractivity contribution is 7.40. The second-order valence-corrected chi connectivity index (χ2v) is 10.2. The lowest BCUT2D eigenvalue weighted by Gasteiger charge is -2.22. The maximum Gasteiger partial charge on any atom is 0.511 e. The van der Waals surface area contributed by atoms with E-state index in [1.54, 1.807) is 0 Å². The minimum Gasteiger partial charge on any atom is -0.160 e. The first-order chi connectivity index (χ1) is 13.1. The molecule has 0 aromatic carbocycles. The van der Waals surface area contributed by atoms with E-state index in [9.17, 15) is 9.46 Å². The lowest BCUT2D eigenvalue weighted by Crippen LogP contribution is -2.25. The van der Waals surface area contributed by atoms with Crippen molar-refractivity contribution in [2.75, 3.05) is 0 Å². The van der Waals surface area contributed by atoms with Crippen LogP contribution in [0.15, 0.2) is 0 Å². The van der Waals surface area contributed by atoms with Crippen LogP contribution in [-0.4, -0.2) is 10.0 Å². The molecule has 1 unspecified atom stereocenters. The summed E-state index contributed by atoms with van der Waals surface area (Å²) in [6.45, 7) is 6.74. The summed E-state index contributed by atoms with van der Waals surface area (Å²) < 4.78 is 12.4. The first kappa shape index (κ1) is 27.1. The van der Waals surface area contributed by atoms with Gasteiger partial charge in [0, 0.05) is 0 Å². The molecule has 0 aromatic heterocycles. The molecular weight excluding hydrogens is 351 g/mol. The maximum absolute atomic E-state index is 12.4. The summed E-state index contributed by atoms with van der Waals surface area (Å²) in [5.41, 5.74) is 0. The predicted molar refractivity (Wildman–Crippen MR) is 122 cm³/mol. The molecule has 0 saturated heterocycles. The molecular formula is C24H50O2P+. The van der Waals surface area contributed by atoms with Gasteiger partial charge in [0.2, 0.25) is 0 Å². The Hall–Kier alpha value is 0.0600. The van der Waals surface area contributed by atoms with Crippen LogP contribution in [0.1, 0.15) is 149 Å². The average molecular weight is 402 g/mol. The van der Waals surface area contributed by atoms with Crippen molar-refractivity contribution in [3.63, 3.8) is 0 Å². The van der Waals surface area contributed by atoms with Crippen LogP contribution < -0.4 is 0 Å². The Labute approximate surface area is 172 Å². The van der Waals surface area contributed by atoms with Gasteiger partial charge in [0.25, 0.3) is 0 Å². The topological polar surface area (TPSA) is 37.3 Å². The van der Waals surface area contributed by atoms with Crippen molar-refractivity contribution in [1.29, 1.82) is 0 Å². The van der Waals surface area contributed by atoms with E-state index in [0.29, 0.717) is 0 Å². The second kappa shape index (κ2) is 19.4. The largest absolute Gasteiger partial charge is 0.511 e. The van der Waals surface area contributed by atoms with E-state index in [1.807, 2.05) is 0 Å². The highest BCUT2D eigenvalue weighted by Gasteiger charge is 2.47. The van der Waals surface area contributed by atoms with Crippen LogP contribution in [-0.2, 0) is 4.57 Å². The molecule has 0 fully saturated rings. The van der Waals surface area contributed by atoms with Gasteiger partial charge in [0.15, 0.2) is 5.16 Å². The number of hydrogen-bond acceptors (Lipinski definition) is 1. The molecule has 0 heterocycles. The van der Waals surface area contributed by atoms with Crippen LogP contribution >= 0.6 is 8.03 Å². The van der Waals surface area contributed by atoms with Crippen molar-refractivity contribution >= 4 is 8.03 Å². The van der Waals surface area contributed by atoms with E-state index < -0.39 is 8.03 Å². The van der Waals surface area contributed by atoms with Gasteiger partial charge in [-0.3, -0.25) is 0 Å². The van der Waals surface area contributed by atoms with Crippen LogP contribution in [0, 0.1) is 0 Å². The fourth-order valence-corrected chi connectivity index (χ4v) is 5.24. The quantitative estimate of drug-likeness (QED) is 0.154. The van der Waals surface area contributed by atoms with Crippen LogP contribution in [0.3, 0.4) is 0 Å². The Bertz CT molecular complexity index is 314. The van der Waals surface area contributed by atoms with Crippen LogP contribution in [0.4, 0.5) is 0 Å². The zero-order valence-corrected chi connectivity index (χ0v) is 19.8. The van der Waals surface area contributed by atoms with Gasteiger partial charge < -0.3 is 0 Å². The van der Waals surface area contributed by atoms with Gasteiger partial charge in [-0.05, 0) is 43.1 Å². The van der Waals surface area contributed by atoms with Crippen molar-refractivity contribution < 1.29 is 9.46 Å². The highest BCUT2D eigenvalue weighted by atomic mass is 31.1. The van der Waals surface area contributed by atoms with E-state index in [1.165, 1.54) is 89.9 Å². The smallest absolute Gasteiger partial charge is 0.160 e. The average Bonchev–Trinajstić information content (AvgIpc) is 2.66. The number of unbranched alkanes of at least 4 members (excludes halogenated alkanes) is 14. The van der Waals surface area contributed by atoms with Gasteiger partial charge in [-0.25, -0.2) is 0 Å². The zero-order chi connectivity index (χ0) is 20.2. The molecule has 0 radical (unpaired) electrons. The summed E-state index contributed by atoms with van der Waals surface area (Å²) in [6.07, 6.45) is 24.3. The summed E-state index contributed by atoms with van der Waals surface area (Å²) in [7, 11) is -2.08. The molecule has 0 aromatic rings. The molecule has 2 nitrogen and oxygen atoms in total. The molecule has 0 aliphatic carbocycles. The standard InChI is InChI=1S/C24H49O2P/c1-4-7-10-13-16-19-22-24(27(25)26,21-18-15-12-9-6-3)23-20-17-14-11-8-5-2/h4-23H2,1-3H3/p+1. The van der Waals surface area contributed by atoms with Gasteiger partial charge in [0.1, 0.15) is 0 Å². The molecule has 0 aliphatic rings. The minimum absolute atomic E-state index is 0.295. The minimum atomic E-state index is -2.08. The number of rotatable bonds is 21. The van der Waals surface area contributed by atoms with Crippen molar-refractivity contribution in [3.8, 4) is 0 Å². The van der Waals surface area contributed by atoms with E-state index in [2.05, 4.69) is 20.8 Å². The monoisotopic (exact) mass is 401 g/mol. The van der Waals surface area contributed by atoms with Gasteiger partial charge in [-0.15, -0.1) is 0 Å². The first-order valence-corrected chi connectivity index (χ1v) is 13.5. The second-order valence-electron chi connectivity index (χ2n) is 8.70. The molecule has 0 aliphatic heterocycles. The lowest BCUT2D eigenvalue weighted by atomic mass is 9.88. The number of hydrogen-bond donors (Lipinski definition) is 1.